The molecule has 0 aromatic heterocycles. The molecule has 0 fully saturated rings. The Morgan fingerprint density at radius 1 is 0.966 bits per heavy atom. The molecule has 0 saturated heterocycles. The lowest BCUT2D eigenvalue weighted by atomic mass is 9.99. The van der Waals surface area contributed by atoms with Crippen LogP contribution in [0.2, 0.25) is 0 Å². The molecule has 7 nitrogen and oxygen atoms in total. The van der Waals surface area contributed by atoms with Crippen LogP contribution in [0.5, 0.6) is 11.5 Å². The number of ether oxygens (including phenoxy) is 3. The molecule has 7 heteroatoms. The summed E-state index contributed by atoms with van der Waals surface area (Å²) >= 11 is 0. The maximum absolute atomic E-state index is 13.2. The maximum Gasteiger partial charge on any atom is 0.269 e. The van der Waals surface area contributed by atoms with Crippen LogP contribution in [0.25, 0.3) is 11.3 Å². The quantitative estimate of drug-likeness (QED) is 0.453. The molecular weight excluding hydrogens is 374 g/mol. The van der Waals surface area contributed by atoms with E-state index >= 15 is 0 Å². The minimum absolute atomic E-state index is 0.140. The SMILES string of the molecule is CO/C(=C1\C(=O)N(C(C)=O)c2ccc(C(C)=O)cc21)c1ccc2c(c1)OCCO2. The number of carbonyl (C=O) groups is 3. The van der Waals surface area contributed by atoms with E-state index in [1.165, 1.54) is 21.0 Å². The summed E-state index contributed by atoms with van der Waals surface area (Å²) in [5, 5.41) is 0. The van der Waals surface area contributed by atoms with Crippen LogP contribution in [0, 0.1) is 0 Å². The van der Waals surface area contributed by atoms with Crippen LogP contribution in [0.3, 0.4) is 0 Å². The fourth-order valence-electron chi connectivity index (χ4n) is 3.57. The van der Waals surface area contributed by atoms with Gasteiger partial charge in [-0.1, -0.05) is 0 Å². The van der Waals surface area contributed by atoms with Crippen LogP contribution in [0.4, 0.5) is 5.69 Å². The van der Waals surface area contributed by atoms with Crippen molar-refractivity contribution in [2.24, 2.45) is 0 Å². The molecule has 0 bridgehead atoms. The number of methoxy groups -OCH3 is 1. The number of ketones is 1. The van der Waals surface area contributed by atoms with Gasteiger partial charge in [0.2, 0.25) is 5.91 Å². The summed E-state index contributed by atoms with van der Waals surface area (Å²) < 4.78 is 16.8. The highest BCUT2D eigenvalue weighted by molar-refractivity contribution is 6.43. The van der Waals surface area contributed by atoms with Gasteiger partial charge in [-0.05, 0) is 43.3 Å². The molecule has 0 unspecified atom stereocenters. The lowest BCUT2D eigenvalue weighted by molar-refractivity contribution is -0.122. The van der Waals surface area contributed by atoms with Crippen molar-refractivity contribution in [3.63, 3.8) is 0 Å². The first-order valence-electron chi connectivity index (χ1n) is 9.11. The third-order valence-corrected chi connectivity index (χ3v) is 4.88. The third kappa shape index (κ3) is 3.04. The van der Waals surface area contributed by atoms with Crippen LogP contribution in [-0.2, 0) is 14.3 Å². The topological polar surface area (TPSA) is 82.1 Å². The van der Waals surface area contributed by atoms with Crippen molar-refractivity contribution in [3.8, 4) is 11.5 Å². The molecule has 0 saturated carbocycles. The number of nitrogens with zero attached hydrogens (tertiary/aromatic N) is 1. The summed E-state index contributed by atoms with van der Waals surface area (Å²) in [6, 6.07) is 10.1. The number of hydrogen-bond donors (Lipinski definition) is 0. The first kappa shape index (κ1) is 18.7. The number of amides is 2. The van der Waals surface area contributed by atoms with Gasteiger partial charge < -0.3 is 14.2 Å². The molecule has 0 N–H and O–H groups in total. The van der Waals surface area contributed by atoms with Gasteiger partial charge in [-0.2, -0.15) is 0 Å². The molecule has 2 aliphatic heterocycles. The molecule has 0 spiro atoms. The number of hydrogen-bond acceptors (Lipinski definition) is 6. The largest absolute Gasteiger partial charge is 0.495 e. The average molecular weight is 393 g/mol. The molecule has 4 rings (SSSR count). The Morgan fingerprint density at radius 2 is 1.66 bits per heavy atom. The van der Waals surface area contributed by atoms with Gasteiger partial charge in [0.05, 0.1) is 18.4 Å². The van der Waals surface area contributed by atoms with Gasteiger partial charge in [-0.3, -0.25) is 14.4 Å². The fourth-order valence-corrected chi connectivity index (χ4v) is 3.57. The standard InChI is InChI=1S/C22H19NO6/c1-12(24)14-4-6-17-16(10-14)20(22(26)23(17)13(2)25)21(27-3)15-5-7-18-19(11-15)29-9-8-28-18/h4-7,10-11H,8-9H2,1-3H3/b21-20-. The minimum Gasteiger partial charge on any atom is -0.495 e. The highest BCUT2D eigenvalue weighted by Crippen LogP contribution is 2.43. The van der Waals surface area contributed by atoms with Crippen molar-refractivity contribution in [2.45, 2.75) is 13.8 Å². The van der Waals surface area contributed by atoms with Gasteiger partial charge in [0.15, 0.2) is 17.3 Å². The van der Waals surface area contributed by atoms with Gasteiger partial charge in [0.1, 0.15) is 19.0 Å². The van der Waals surface area contributed by atoms with Crippen LogP contribution >= 0.6 is 0 Å². The first-order valence-corrected chi connectivity index (χ1v) is 9.11. The molecule has 0 radical (unpaired) electrons. The Hall–Kier alpha value is -3.61. The molecule has 0 aliphatic carbocycles. The molecule has 2 aromatic carbocycles. The van der Waals surface area contributed by atoms with Crippen molar-refractivity contribution >= 4 is 34.6 Å². The van der Waals surface area contributed by atoms with E-state index in [9.17, 15) is 14.4 Å². The van der Waals surface area contributed by atoms with Gasteiger partial charge in [-0.25, -0.2) is 4.90 Å². The number of Topliss-reactive ketones (excluding diaryl/α,β-unsaturated/α-hetero) is 1. The zero-order valence-corrected chi connectivity index (χ0v) is 16.3. The monoisotopic (exact) mass is 393 g/mol. The Kier molecular flexibility index (Phi) is 4.58. The van der Waals surface area contributed by atoms with E-state index in [-0.39, 0.29) is 17.1 Å². The van der Waals surface area contributed by atoms with E-state index in [4.69, 9.17) is 14.2 Å². The first-order chi connectivity index (χ1) is 13.9. The van der Waals surface area contributed by atoms with Crippen LogP contribution in [-0.4, -0.2) is 37.9 Å². The fraction of sp³-hybridized carbons (Fsp3) is 0.227. The number of benzene rings is 2. The van der Waals surface area contributed by atoms with E-state index in [2.05, 4.69) is 0 Å². The number of rotatable bonds is 3. The molecule has 2 aromatic rings. The Balaban J connectivity index is 1.95. The molecule has 2 aliphatic rings. The van der Waals surface area contributed by atoms with Crippen molar-refractivity contribution in [2.75, 3.05) is 25.2 Å². The van der Waals surface area contributed by atoms with Crippen molar-refractivity contribution in [1.29, 1.82) is 0 Å². The molecule has 2 heterocycles. The van der Waals surface area contributed by atoms with Crippen LogP contribution in [0.1, 0.15) is 35.3 Å². The smallest absolute Gasteiger partial charge is 0.269 e. The summed E-state index contributed by atoms with van der Waals surface area (Å²) in [7, 11) is 1.46. The summed E-state index contributed by atoms with van der Waals surface area (Å²) in [5.74, 6) is 0.398. The van der Waals surface area contributed by atoms with Crippen molar-refractivity contribution in [1.82, 2.24) is 0 Å². The zero-order chi connectivity index (χ0) is 20.7. The van der Waals surface area contributed by atoms with Gasteiger partial charge >= 0.3 is 0 Å². The lowest BCUT2D eigenvalue weighted by Crippen LogP contribution is -2.31. The normalized spacial score (nSPS) is 16.4. The van der Waals surface area contributed by atoms with Crippen LogP contribution in [0.15, 0.2) is 36.4 Å². The number of anilines is 1. The summed E-state index contributed by atoms with van der Waals surface area (Å²) in [6.45, 7) is 3.66. The summed E-state index contributed by atoms with van der Waals surface area (Å²) in [4.78, 5) is 38.3. The molecule has 0 atom stereocenters. The molecule has 2 amide bonds. The number of imide groups is 1. The zero-order valence-electron chi connectivity index (χ0n) is 16.3. The second kappa shape index (κ2) is 7.09. The lowest BCUT2D eigenvalue weighted by Gasteiger charge is -2.19. The predicted octanol–water partition coefficient (Wildman–Crippen LogP) is 3.07. The second-order valence-corrected chi connectivity index (χ2v) is 6.71. The van der Waals surface area contributed by atoms with Crippen molar-refractivity contribution in [3.05, 3.63) is 53.1 Å². The third-order valence-electron chi connectivity index (χ3n) is 4.88. The summed E-state index contributed by atoms with van der Waals surface area (Å²) in [6.07, 6.45) is 0. The van der Waals surface area contributed by atoms with Gasteiger partial charge in [-0.15, -0.1) is 0 Å². The Morgan fingerprint density at radius 3 is 2.31 bits per heavy atom. The highest BCUT2D eigenvalue weighted by Gasteiger charge is 2.38. The van der Waals surface area contributed by atoms with E-state index in [1.54, 1.807) is 36.4 Å². The highest BCUT2D eigenvalue weighted by atomic mass is 16.6. The number of carbonyl (C=O) groups excluding carboxylic acids is 3. The van der Waals surface area contributed by atoms with Gasteiger partial charge in [0, 0.05) is 23.6 Å². The molecule has 29 heavy (non-hydrogen) atoms. The second-order valence-electron chi connectivity index (χ2n) is 6.71. The predicted molar refractivity (Wildman–Crippen MR) is 106 cm³/mol. The molecule has 148 valence electrons. The van der Waals surface area contributed by atoms with Gasteiger partial charge in [0.25, 0.3) is 5.91 Å². The summed E-state index contributed by atoms with van der Waals surface area (Å²) in [5.41, 5.74) is 2.17. The van der Waals surface area contributed by atoms with Crippen molar-refractivity contribution < 1.29 is 28.6 Å². The average Bonchev–Trinajstić information content (AvgIpc) is 3.00. The Labute approximate surface area is 167 Å². The Bertz CT molecular complexity index is 1080. The van der Waals surface area contributed by atoms with E-state index in [0.29, 0.717) is 47.1 Å². The van der Waals surface area contributed by atoms with E-state index < -0.39 is 11.8 Å². The van der Waals surface area contributed by atoms with E-state index in [0.717, 1.165) is 4.90 Å². The van der Waals surface area contributed by atoms with E-state index in [1.807, 2.05) is 0 Å². The number of fused-ring (bicyclic) bond motifs is 2. The minimum atomic E-state index is -0.500. The van der Waals surface area contributed by atoms with Crippen LogP contribution < -0.4 is 14.4 Å². The molecular formula is C22H19NO6. The maximum atomic E-state index is 13.2.